The number of rotatable bonds is 7. The zero-order valence-electron chi connectivity index (χ0n) is 9.93. The third kappa shape index (κ3) is 3.95. The highest BCUT2D eigenvalue weighted by atomic mass is 32.2. The summed E-state index contributed by atoms with van der Waals surface area (Å²) in [5.41, 5.74) is 0.500. The van der Waals surface area contributed by atoms with Gasteiger partial charge in [-0.25, -0.2) is 18.1 Å². The molecule has 0 aromatic carbocycles. The fourth-order valence-corrected chi connectivity index (χ4v) is 2.39. The van der Waals surface area contributed by atoms with Crippen molar-refractivity contribution in [2.45, 2.75) is 11.9 Å². The average Bonchev–Trinajstić information content (AvgIpc) is 2.30. The van der Waals surface area contributed by atoms with Crippen LogP contribution in [-0.2, 0) is 14.8 Å². The van der Waals surface area contributed by atoms with Gasteiger partial charge in [-0.05, 0) is 19.1 Å². The molecule has 96 valence electrons. The van der Waals surface area contributed by atoms with Crippen molar-refractivity contribution < 1.29 is 13.2 Å². The van der Waals surface area contributed by atoms with Crippen LogP contribution in [0, 0.1) is 0 Å². The van der Waals surface area contributed by atoms with E-state index in [1.165, 1.54) is 13.3 Å². The topological polar surface area (TPSA) is 80.3 Å². The van der Waals surface area contributed by atoms with Crippen molar-refractivity contribution in [3.05, 3.63) is 18.3 Å². The highest BCUT2D eigenvalue weighted by Crippen LogP contribution is 2.17. The highest BCUT2D eigenvalue weighted by Gasteiger charge is 2.18. The van der Waals surface area contributed by atoms with Crippen molar-refractivity contribution in [1.82, 2.24) is 9.71 Å². The second-order valence-corrected chi connectivity index (χ2v) is 4.96. The van der Waals surface area contributed by atoms with E-state index in [-0.39, 0.29) is 11.6 Å². The summed E-state index contributed by atoms with van der Waals surface area (Å²) in [5, 5.41) is 2.97. The molecular weight excluding hydrogens is 242 g/mol. The molecule has 0 unspecified atom stereocenters. The van der Waals surface area contributed by atoms with E-state index >= 15 is 0 Å². The van der Waals surface area contributed by atoms with Gasteiger partial charge in [0, 0.05) is 26.4 Å². The maximum absolute atomic E-state index is 11.9. The van der Waals surface area contributed by atoms with Crippen LogP contribution >= 0.6 is 0 Å². The molecule has 0 aliphatic rings. The molecule has 0 atom stereocenters. The third-order valence-corrected chi connectivity index (χ3v) is 3.41. The van der Waals surface area contributed by atoms with Crippen LogP contribution in [0.1, 0.15) is 6.92 Å². The SMILES string of the molecule is CCNc1cccnc1S(=O)(=O)NCCOC. The minimum atomic E-state index is -3.59. The summed E-state index contributed by atoms with van der Waals surface area (Å²) in [5.74, 6) is 0. The lowest BCUT2D eigenvalue weighted by Gasteiger charge is -2.10. The molecule has 1 heterocycles. The first kappa shape index (κ1) is 13.9. The molecule has 0 aliphatic carbocycles. The molecule has 0 bridgehead atoms. The second-order valence-electron chi connectivity index (χ2n) is 3.28. The van der Waals surface area contributed by atoms with E-state index < -0.39 is 10.0 Å². The quantitative estimate of drug-likeness (QED) is 0.694. The molecule has 0 radical (unpaired) electrons. The summed E-state index contributed by atoms with van der Waals surface area (Å²) >= 11 is 0. The molecule has 0 saturated heterocycles. The van der Waals surface area contributed by atoms with Crippen LogP contribution in [0.3, 0.4) is 0 Å². The number of nitrogens with zero attached hydrogens (tertiary/aromatic N) is 1. The van der Waals surface area contributed by atoms with Crippen LogP contribution in [0.15, 0.2) is 23.4 Å². The number of hydrogen-bond acceptors (Lipinski definition) is 5. The van der Waals surface area contributed by atoms with Crippen molar-refractivity contribution >= 4 is 15.7 Å². The molecule has 0 spiro atoms. The van der Waals surface area contributed by atoms with Crippen LogP contribution < -0.4 is 10.0 Å². The number of sulfonamides is 1. The van der Waals surface area contributed by atoms with E-state index in [9.17, 15) is 8.42 Å². The van der Waals surface area contributed by atoms with E-state index in [0.29, 0.717) is 18.8 Å². The molecule has 1 aromatic rings. The maximum Gasteiger partial charge on any atom is 0.260 e. The Morgan fingerprint density at radius 1 is 1.47 bits per heavy atom. The van der Waals surface area contributed by atoms with Crippen molar-refractivity contribution in [3.8, 4) is 0 Å². The first-order valence-electron chi connectivity index (χ1n) is 5.29. The third-order valence-electron chi connectivity index (χ3n) is 1.99. The summed E-state index contributed by atoms with van der Waals surface area (Å²) in [6, 6.07) is 3.37. The second kappa shape index (κ2) is 6.53. The zero-order chi connectivity index (χ0) is 12.7. The first-order chi connectivity index (χ1) is 8.11. The van der Waals surface area contributed by atoms with Gasteiger partial charge in [0.05, 0.1) is 12.3 Å². The molecule has 1 aromatic heterocycles. The Balaban J connectivity index is 2.89. The molecule has 0 amide bonds. The van der Waals surface area contributed by atoms with Gasteiger partial charge in [0.15, 0.2) is 5.03 Å². The van der Waals surface area contributed by atoms with E-state index in [0.717, 1.165) is 0 Å². The lowest BCUT2D eigenvalue weighted by Crippen LogP contribution is -2.28. The lowest BCUT2D eigenvalue weighted by atomic mass is 10.4. The Bertz CT molecular complexity index is 448. The van der Waals surface area contributed by atoms with Crippen LogP contribution in [0.4, 0.5) is 5.69 Å². The van der Waals surface area contributed by atoms with Crippen LogP contribution in [0.5, 0.6) is 0 Å². The monoisotopic (exact) mass is 259 g/mol. The maximum atomic E-state index is 11.9. The standard InChI is InChI=1S/C10H17N3O3S/c1-3-11-9-5-4-6-12-10(9)17(14,15)13-7-8-16-2/h4-6,11,13H,3,7-8H2,1-2H3. The number of aromatic nitrogens is 1. The van der Waals surface area contributed by atoms with Gasteiger partial charge in [0.2, 0.25) is 0 Å². The zero-order valence-corrected chi connectivity index (χ0v) is 10.8. The predicted octanol–water partition coefficient (Wildman–Crippen LogP) is 0.438. The van der Waals surface area contributed by atoms with Crippen LogP contribution in [0.2, 0.25) is 0 Å². The van der Waals surface area contributed by atoms with Crippen molar-refractivity contribution in [1.29, 1.82) is 0 Å². The van der Waals surface area contributed by atoms with Crippen molar-refractivity contribution in [3.63, 3.8) is 0 Å². The Morgan fingerprint density at radius 2 is 2.24 bits per heavy atom. The number of nitrogens with one attached hydrogen (secondary N) is 2. The molecule has 7 heteroatoms. The molecule has 17 heavy (non-hydrogen) atoms. The number of ether oxygens (including phenoxy) is 1. The number of methoxy groups -OCH3 is 1. The van der Waals surface area contributed by atoms with Crippen LogP contribution in [0.25, 0.3) is 0 Å². The summed E-state index contributed by atoms with van der Waals surface area (Å²) in [6.07, 6.45) is 1.45. The summed E-state index contributed by atoms with van der Waals surface area (Å²) in [6.45, 7) is 3.07. The summed E-state index contributed by atoms with van der Waals surface area (Å²) in [7, 11) is -2.08. The molecule has 0 aliphatic heterocycles. The molecular formula is C10H17N3O3S. The Morgan fingerprint density at radius 3 is 2.88 bits per heavy atom. The van der Waals surface area contributed by atoms with E-state index in [2.05, 4.69) is 15.0 Å². The van der Waals surface area contributed by atoms with E-state index in [4.69, 9.17) is 4.74 Å². The fourth-order valence-electron chi connectivity index (χ4n) is 1.28. The first-order valence-corrected chi connectivity index (χ1v) is 6.77. The van der Waals surface area contributed by atoms with Crippen molar-refractivity contribution in [2.24, 2.45) is 0 Å². The Labute approximate surface area is 101 Å². The predicted molar refractivity (Wildman–Crippen MR) is 65.5 cm³/mol. The normalized spacial score (nSPS) is 11.4. The van der Waals surface area contributed by atoms with Crippen LogP contribution in [-0.4, -0.2) is 40.2 Å². The van der Waals surface area contributed by atoms with E-state index in [1.54, 1.807) is 12.1 Å². The Kier molecular flexibility index (Phi) is 5.33. The minimum absolute atomic E-state index is 0.0120. The number of anilines is 1. The van der Waals surface area contributed by atoms with Gasteiger partial charge in [0.1, 0.15) is 0 Å². The molecule has 0 fully saturated rings. The largest absolute Gasteiger partial charge is 0.383 e. The van der Waals surface area contributed by atoms with Gasteiger partial charge in [-0.2, -0.15) is 0 Å². The smallest absolute Gasteiger partial charge is 0.260 e. The summed E-state index contributed by atoms with van der Waals surface area (Å²) in [4.78, 5) is 3.89. The van der Waals surface area contributed by atoms with E-state index in [1.807, 2.05) is 6.92 Å². The molecule has 2 N–H and O–H groups in total. The lowest BCUT2D eigenvalue weighted by molar-refractivity contribution is 0.204. The molecule has 1 rings (SSSR count). The Hall–Kier alpha value is -1.18. The van der Waals surface area contributed by atoms with Gasteiger partial charge in [-0.1, -0.05) is 0 Å². The van der Waals surface area contributed by atoms with Gasteiger partial charge < -0.3 is 10.1 Å². The average molecular weight is 259 g/mol. The number of pyridine rings is 1. The minimum Gasteiger partial charge on any atom is -0.383 e. The van der Waals surface area contributed by atoms with Gasteiger partial charge in [0.25, 0.3) is 10.0 Å². The highest BCUT2D eigenvalue weighted by molar-refractivity contribution is 7.89. The molecule has 0 saturated carbocycles. The number of hydrogen-bond donors (Lipinski definition) is 2. The van der Waals surface area contributed by atoms with Gasteiger partial charge >= 0.3 is 0 Å². The van der Waals surface area contributed by atoms with Gasteiger partial charge in [-0.15, -0.1) is 0 Å². The summed E-state index contributed by atoms with van der Waals surface area (Å²) < 4.78 is 31.1. The molecule has 6 nitrogen and oxygen atoms in total. The van der Waals surface area contributed by atoms with Gasteiger partial charge in [-0.3, -0.25) is 0 Å². The fraction of sp³-hybridized carbons (Fsp3) is 0.500. The van der Waals surface area contributed by atoms with Crippen molar-refractivity contribution in [2.75, 3.05) is 32.1 Å².